The first kappa shape index (κ1) is 17.7. The maximum Gasteiger partial charge on any atom is 0.334 e. The van der Waals surface area contributed by atoms with Gasteiger partial charge in [0.15, 0.2) is 11.6 Å². The number of hydrogen-bond acceptors (Lipinski definition) is 4. The quantitative estimate of drug-likeness (QED) is 0.366. The molecule has 0 radical (unpaired) electrons. The third-order valence-corrected chi connectivity index (χ3v) is 3.11. The second kappa shape index (κ2) is 7.56. The number of halogens is 2. The molecule has 0 fully saturated rings. The van der Waals surface area contributed by atoms with E-state index in [-0.39, 0.29) is 29.0 Å². The van der Waals surface area contributed by atoms with Crippen LogP contribution in [0.1, 0.15) is 26.3 Å². The lowest BCUT2D eigenvalue weighted by atomic mass is 9.97. The Labute approximate surface area is 131 Å². The van der Waals surface area contributed by atoms with Crippen molar-refractivity contribution in [2.24, 2.45) is 0 Å². The summed E-state index contributed by atoms with van der Waals surface area (Å²) in [5, 5.41) is 10.1. The maximum absolute atomic E-state index is 14.3. The number of benzene rings is 1. The van der Waals surface area contributed by atoms with Gasteiger partial charge in [-0.15, -0.1) is 0 Å². The molecular formula is C15H18BrFO4. The first-order chi connectivity index (χ1) is 9.79. The van der Waals surface area contributed by atoms with Crippen molar-refractivity contribution in [2.45, 2.75) is 26.4 Å². The summed E-state index contributed by atoms with van der Waals surface area (Å²) in [4.78, 5) is 11.4. The van der Waals surface area contributed by atoms with Crippen LogP contribution in [-0.2, 0) is 15.1 Å². The second-order valence-corrected chi connectivity index (χ2v) is 5.34. The molecule has 1 aromatic carbocycles. The minimum absolute atomic E-state index is 0.0652. The molecule has 6 heteroatoms. The minimum Gasteiger partial charge on any atom is -0.463 e. The summed E-state index contributed by atoms with van der Waals surface area (Å²) in [6.45, 7) is 4.89. The summed E-state index contributed by atoms with van der Waals surface area (Å²) in [6.07, 6.45) is 1.15. The highest BCUT2D eigenvalue weighted by Crippen LogP contribution is 2.29. The van der Waals surface area contributed by atoms with Crippen molar-refractivity contribution in [1.82, 2.24) is 0 Å². The zero-order valence-electron chi connectivity index (χ0n) is 12.2. The van der Waals surface area contributed by atoms with E-state index in [1.807, 2.05) is 0 Å². The number of rotatable bonds is 6. The van der Waals surface area contributed by atoms with Crippen LogP contribution in [0.3, 0.4) is 0 Å². The Morgan fingerprint density at radius 2 is 2.14 bits per heavy atom. The number of carbonyl (C=O) groups excluding carboxylic acids is 1. The van der Waals surface area contributed by atoms with E-state index in [4.69, 9.17) is 9.47 Å². The van der Waals surface area contributed by atoms with E-state index in [2.05, 4.69) is 15.9 Å². The molecule has 0 saturated heterocycles. The Bertz CT molecular complexity index is 535. The third-order valence-electron chi connectivity index (χ3n) is 2.56. The lowest BCUT2D eigenvalue weighted by Crippen LogP contribution is -2.18. The van der Waals surface area contributed by atoms with Gasteiger partial charge >= 0.3 is 5.97 Å². The highest BCUT2D eigenvalue weighted by atomic mass is 79.9. The zero-order valence-corrected chi connectivity index (χ0v) is 13.7. The molecule has 1 rings (SSSR count). The molecule has 0 amide bonds. The molecule has 0 spiro atoms. The van der Waals surface area contributed by atoms with E-state index in [0.29, 0.717) is 0 Å². The van der Waals surface area contributed by atoms with Crippen LogP contribution in [0.4, 0.5) is 4.39 Å². The van der Waals surface area contributed by atoms with Crippen LogP contribution in [0, 0.1) is 5.82 Å². The summed E-state index contributed by atoms with van der Waals surface area (Å²) < 4.78 is 24.5. The largest absolute Gasteiger partial charge is 0.463 e. The van der Waals surface area contributed by atoms with Gasteiger partial charge in [0.1, 0.15) is 5.76 Å². The van der Waals surface area contributed by atoms with Gasteiger partial charge in [-0.05, 0) is 26.8 Å². The molecule has 0 aliphatic carbocycles. The Kier molecular flexibility index (Phi) is 6.36. The molecule has 0 aliphatic rings. The fraction of sp³-hybridized carbons (Fsp3) is 0.400. The Morgan fingerprint density at radius 3 is 2.67 bits per heavy atom. The number of alkyl halides is 1. The van der Waals surface area contributed by atoms with Crippen molar-refractivity contribution in [3.05, 3.63) is 41.4 Å². The van der Waals surface area contributed by atoms with Crippen molar-refractivity contribution < 1.29 is 23.8 Å². The van der Waals surface area contributed by atoms with E-state index in [1.54, 1.807) is 13.0 Å². The normalized spacial score (nSPS) is 12.2. The molecule has 0 heterocycles. The Hall–Kier alpha value is -1.40. The van der Waals surface area contributed by atoms with E-state index in [0.717, 1.165) is 6.08 Å². The van der Waals surface area contributed by atoms with Gasteiger partial charge in [-0.1, -0.05) is 28.1 Å². The number of ether oxygens (including phenoxy) is 2. The molecule has 116 valence electrons. The van der Waals surface area contributed by atoms with Crippen LogP contribution in [0.2, 0.25) is 0 Å². The molecular weight excluding hydrogens is 343 g/mol. The van der Waals surface area contributed by atoms with Crippen molar-refractivity contribution in [3.8, 4) is 5.75 Å². The summed E-state index contributed by atoms with van der Waals surface area (Å²) in [6, 6.07) is 4.47. The molecule has 0 bridgehead atoms. The van der Waals surface area contributed by atoms with E-state index in [9.17, 15) is 14.3 Å². The maximum atomic E-state index is 14.3. The topological polar surface area (TPSA) is 55.8 Å². The second-order valence-electron chi connectivity index (χ2n) is 4.78. The monoisotopic (exact) mass is 360 g/mol. The highest BCUT2D eigenvalue weighted by Gasteiger charge is 2.23. The highest BCUT2D eigenvalue weighted by molar-refractivity contribution is 9.09. The van der Waals surface area contributed by atoms with Crippen LogP contribution in [0.5, 0.6) is 5.75 Å². The molecule has 4 nitrogen and oxygen atoms in total. The van der Waals surface area contributed by atoms with Crippen LogP contribution < -0.4 is 4.74 Å². The smallest absolute Gasteiger partial charge is 0.334 e. The molecule has 0 aliphatic heterocycles. The van der Waals surface area contributed by atoms with Gasteiger partial charge in [0.05, 0.1) is 23.6 Å². The number of hydrogen-bond donors (Lipinski definition) is 1. The molecule has 0 atom stereocenters. The molecule has 0 unspecified atom stereocenters. The van der Waals surface area contributed by atoms with Crippen molar-refractivity contribution in [1.29, 1.82) is 0 Å². The molecule has 0 aromatic heterocycles. The van der Waals surface area contributed by atoms with Gasteiger partial charge in [-0.2, -0.15) is 0 Å². The Balaban J connectivity index is 3.04. The van der Waals surface area contributed by atoms with Crippen LogP contribution in [0.25, 0.3) is 0 Å². The average molecular weight is 361 g/mol. The average Bonchev–Trinajstić information content (AvgIpc) is 2.39. The standard InChI is InChI=1S/C15H18BrFO4/c1-4-20-13(18)8-10(9-16)21-12-7-5-6-11(14(12)17)15(2,3)19/h5-8,19H,4,9H2,1-3H3/b10-8+. The number of aliphatic hydroxyl groups is 1. The minimum atomic E-state index is -1.33. The fourth-order valence-corrected chi connectivity index (χ4v) is 1.89. The lowest BCUT2D eigenvalue weighted by Gasteiger charge is -2.20. The van der Waals surface area contributed by atoms with Crippen molar-refractivity contribution in [3.63, 3.8) is 0 Å². The lowest BCUT2D eigenvalue weighted by molar-refractivity contribution is -0.137. The first-order valence-electron chi connectivity index (χ1n) is 6.42. The molecule has 0 saturated carbocycles. The summed E-state index contributed by atoms with van der Waals surface area (Å²) in [5.74, 6) is -1.09. The fourth-order valence-electron chi connectivity index (χ4n) is 1.61. The summed E-state index contributed by atoms with van der Waals surface area (Å²) in [7, 11) is 0. The van der Waals surface area contributed by atoms with Gasteiger partial charge in [0, 0.05) is 5.56 Å². The predicted molar refractivity (Wildman–Crippen MR) is 80.8 cm³/mol. The van der Waals surface area contributed by atoms with Gasteiger partial charge in [0.2, 0.25) is 0 Å². The van der Waals surface area contributed by atoms with Gasteiger partial charge < -0.3 is 14.6 Å². The van der Waals surface area contributed by atoms with Crippen molar-refractivity contribution >= 4 is 21.9 Å². The molecule has 1 aromatic rings. The van der Waals surface area contributed by atoms with E-state index < -0.39 is 17.4 Å². The Morgan fingerprint density at radius 1 is 1.48 bits per heavy atom. The van der Waals surface area contributed by atoms with Gasteiger partial charge in [0.25, 0.3) is 0 Å². The van der Waals surface area contributed by atoms with Gasteiger partial charge in [-0.25, -0.2) is 9.18 Å². The first-order valence-corrected chi connectivity index (χ1v) is 7.54. The van der Waals surface area contributed by atoms with E-state index >= 15 is 0 Å². The van der Waals surface area contributed by atoms with Crippen LogP contribution in [-0.4, -0.2) is 23.0 Å². The number of carbonyl (C=O) groups is 1. The van der Waals surface area contributed by atoms with Crippen LogP contribution >= 0.6 is 15.9 Å². The van der Waals surface area contributed by atoms with Crippen LogP contribution in [0.15, 0.2) is 30.0 Å². The van der Waals surface area contributed by atoms with E-state index in [1.165, 1.54) is 26.0 Å². The predicted octanol–water partition coefficient (Wildman–Crippen LogP) is 3.27. The number of allylic oxidation sites excluding steroid dienone is 1. The summed E-state index contributed by atoms with van der Waals surface area (Å²) >= 11 is 3.16. The molecule has 21 heavy (non-hydrogen) atoms. The van der Waals surface area contributed by atoms with Crippen molar-refractivity contribution in [2.75, 3.05) is 11.9 Å². The summed E-state index contributed by atoms with van der Waals surface area (Å²) in [5.41, 5.74) is -1.21. The number of esters is 1. The third kappa shape index (κ3) is 5.13. The SMILES string of the molecule is CCOC(=O)/C=C(\CBr)Oc1cccc(C(C)(C)O)c1F. The van der Waals surface area contributed by atoms with Gasteiger partial charge in [-0.3, -0.25) is 0 Å². The molecule has 1 N–H and O–H groups in total. The zero-order chi connectivity index (χ0) is 16.0.